The van der Waals surface area contributed by atoms with Crippen molar-refractivity contribution < 1.29 is 19.1 Å². The first kappa shape index (κ1) is 19.5. The van der Waals surface area contributed by atoms with Crippen molar-refractivity contribution in [3.05, 3.63) is 54.1 Å². The summed E-state index contributed by atoms with van der Waals surface area (Å²) in [6.07, 6.45) is 2.75. The van der Waals surface area contributed by atoms with Crippen LogP contribution < -0.4 is 15.0 Å². The maximum Gasteiger partial charge on any atom is 0.229 e. The van der Waals surface area contributed by atoms with Crippen LogP contribution in [0.4, 0.5) is 11.4 Å². The molecule has 1 N–H and O–H groups in total. The third-order valence-electron chi connectivity index (χ3n) is 5.39. The molecule has 29 heavy (non-hydrogen) atoms. The number of nitrogens with one attached hydrogen (secondary N) is 1. The molecule has 1 saturated carbocycles. The number of carbonyl (C=O) groups excluding carboxylic acids is 2. The first-order valence-corrected chi connectivity index (χ1v) is 10.0. The van der Waals surface area contributed by atoms with Gasteiger partial charge >= 0.3 is 0 Å². The second kappa shape index (κ2) is 8.66. The van der Waals surface area contributed by atoms with Crippen molar-refractivity contribution in [2.24, 2.45) is 11.8 Å². The Morgan fingerprint density at radius 2 is 1.97 bits per heavy atom. The topological polar surface area (TPSA) is 67.9 Å². The Balaban J connectivity index is 1.34. The van der Waals surface area contributed by atoms with Gasteiger partial charge in [0.2, 0.25) is 11.8 Å². The van der Waals surface area contributed by atoms with E-state index >= 15 is 0 Å². The molecular formula is C23H26N2O4. The predicted octanol–water partition coefficient (Wildman–Crippen LogP) is 3.61. The number of methoxy groups -OCH3 is 1. The van der Waals surface area contributed by atoms with Gasteiger partial charge in [-0.15, -0.1) is 0 Å². The van der Waals surface area contributed by atoms with Crippen molar-refractivity contribution in [3.8, 4) is 5.75 Å². The Morgan fingerprint density at radius 3 is 2.69 bits per heavy atom. The minimum atomic E-state index is -0.376. The maximum absolute atomic E-state index is 12.7. The van der Waals surface area contributed by atoms with Crippen LogP contribution >= 0.6 is 0 Å². The van der Waals surface area contributed by atoms with E-state index in [-0.39, 0.29) is 24.2 Å². The van der Waals surface area contributed by atoms with E-state index in [1.807, 2.05) is 48.5 Å². The zero-order valence-electron chi connectivity index (χ0n) is 16.6. The van der Waals surface area contributed by atoms with Crippen LogP contribution in [-0.2, 0) is 20.9 Å². The van der Waals surface area contributed by atoms with E-state index < -0.39 is 0 Å². The smallest absolute Gasteiger partial charge is 0.229 e. The number of benzene rings is 2. The fourth-order valence-corrected chi connectivity index (χ4v) is 3.51. The Bertz CT molecular complexity index is 877. The van der Waals surface area contributed by atoms with E-state index in [9.17, 15) is 9.59 Å². The average Bonchev–Trinajstić information content (AvgIpc) is 3.47. The van der Waals surface area contributed by atoms with E-state index in [1.54, 1.807) is 12.0 Å². The Morgan fingerprint density at radius 1 is 1.17 bits per heavy atom. The number of nitrogens with zero attached hydrogens (tertiary/aromatic N) is 1. The van der Waals surface area contributed by atoms with Crippen LogP contribution in [0.25, 0.3) is 0 Å². The highest BCUT2D eigenvalue weighted by atomic mass is 16.5. The summed E-state index contributed by atoms with van der Waals surface area (Å²) in [6, 6.07) is 15.0. The van der Waals surface area contributed by atoms with Gasteiger partial charge in [0.1, 0.15) is 5.75 Å². The van der Waals surface area contributed by atoms with E-state index in [1.165, 1.54) is 12.8 Å². The van der Waals surface area contributed by atoms with Crippen LogP contribution in [-0.4, -0.2) is 32.1 Å². The molecule has 1 atom stereocenters. The van der Waals surface area contributed by atoms with Gasteiger partial charge in [-0.1, -0.05) is 12.1 Å². The zero-order valence-corrected chi connectivity index (χ0v) is 16.6. The van der Waals surface area contributed by atoms with Crippen LogP contribution in [0.5, 0.6) is 5.75 Å². The molecule has 1 aliphatic carbocycles. The highest BCUT2D eigenvalue weighted by molar-refractivity contribution is 6.03. The van der Waals surface area contributed by atoms with Crippen molar-refractivity contribution in [3.63, 3.8) is 0 Å². The van der Waals surface area contributed by atoms with Crippen LogP contribution in [0.1, 0.15) is 24.8 Å². The molecule has 1 heterocycles. The largest absolute Gasteiger partial charge is 0.497 e. The molecule has 0 bridgehead atoms. The molecule has 152 valence electrons. The molecule has 4 rings (SSSR count). The number of hydrogen-bond acceptors (Lipinski definition) is 4. The molecule has 2 aromatic rings. The van der Waals surface area contributed by atoms with Crippen LogP contribution in [0.2, 0.25) is 0 Å². The highest BCUT2D eigenvalue weighted by Crippen LogP contribution is 2.29. The molecule has 0 spiro atoms. The Kier molecular flexibility index (Phi) is 5.81. The second-order valence-electron chi connectivity index (χ2n) is 7.75. The lowest BCUT2D eigenvalue weighted by Crippen LogP contribution is -2.28. The number of rotatable bonds is 8. The standard InChI is InChI=1S/C23H26N2O4/c1-28-21-9-7-20(8-10-21)25-13-18(12-22(25)26)23(27)24-19-4-2-3-17(11-19)15-29-14-16-5-6-16/h2-4,7-11,16,18H,5-6,12-15H2,1H3,(H,24,27). The summed E-state index contributed by atoms with van der Waals surface area (Å²) in [5, 5.41) is 2.95. The zero-order chi connectivity index (χ0) is 20.2. The average molecular weight is 394 g/mol. The predicted molar refractivity (Wildman–Crippen MR) is 111 cm³/mol. The second-order valence-corrected chi connectivity index (χ2v) is 7.75. The van der Waals surface area contributed by atoms with Gasteiger partial charge in [0.05, 0.1) is 19.6 Å². The molecule has 1 aliphatic heterocycles. The van der Waals surface area contributed by atoms with Crippen molar-refractivity contribution in [2.45, 2.75) is 25.9 Å². The summed E-state index contributed by atoms with van der Waals surface area (Å²) in [5.74, 6) is 0.907. The lowest BCUT2D eigenvalue weighted by atomic mass is 10.1. The fourth-order valence-electron chi connectivity index (χ4n) is 3.51. The van der Waals surface area contributed by atoms with E-state index in [2.05, 4.69) is 5.32 Å². The van der Waals surface area contributed by atoms with E-state index in [0.29, 0.717) is 13.2 Å². The number of anilines is 2. The molecule has 6 heteroatoms. The summed E-state index contributed by atoms with van der Waals surface area (Å²) < 4.78 is 10.9. The van der Waals surface area contributed by atoms with E-state index in [4.69, 9.17) is 9.47 Å². The molecular weight excluding hydrogens is 368 g/mol. The third-order valence-corrected chi connectivity index (χ3v) is 5.39. The quantitative estimate of drug-likeness (QED) is 0.743. The van der Waals surface area contributed by atoms with Crippen LogP contribution in [0.15, 0.2) is 48.5 Å². The van der Waals surface area contributed by atoms with Crippen LogP contribution in [0, 0.1) is 11.8 Å². The van der Waals surface area contributed by atoms with E-state index in [0.717, 1.165) is 35.2 Å². The molecule has 2 aromatic carbocycles. The van der Waals surface area contributed by atoms with Gasteiger partial charge in [-0.3, -0.25) is 9.59 Å². The first-order chi connectivity index (χ1) is 14.1. The first-order valence-electron chi connectivity index (χ1n) is 10.0. The summed E-state index contributed by atoms with van der Waals surface area (Å²) in [6.45, 7) is 1.73. The molecule has 0 radical (unpaired) electrons. The van der Waals surface area contributed by atoms with Gasteiger partial charge in [0.25, 0.3) is 0 Å². The third kappa shape index (κ3) is 4.95. The van der Waals surface area contributed by atoms with Crippen molar-refractivity contribution in [2.75, 3.05) is 30.5 Å². The Labute approximate surface area is 170 Å². The molecule has 1 unspecified atom stereocenters. The van der Waals surface area contributed by atoms with Gasteiger partial charge in [0, 0.05) is 30.9 Å². The monoisotopic (exact) mass is 394 g/mol. The highest BCUT2D eigenvalue weighted by Gasteiger charge is 2.35. The molecule has 2 fully saturated rings. The number of hydrogen-bond donors (Lipinski definition) is 1. The van der Waals surface area contributed by atoms with Gasteiger partial charge in [-0.25, -0.2) is 0 Å². The molecule has 1 saturated heterocycles. The fraction of sp³-hybridized carbons (Fsp3) is 0.391. The minimum Gasteiger partial charge on any atom is -0.497 e. The SMILES string of the molecule is COc1ccc(N2CC(C(=O)Nc3cccc(COCC4CC4)c3)CC2=O)cc1. The van der Waals surface area contributed by atoms with Crippen molar-refractivity contribution in [1.29, 1.82) is 0 Å². The Hall–Kier alpha value is -2.86. The van der Waals surface area contributed by atoms with Crippen molar-refractivity contribution in [1.82, 2.24) is 0 Å². The molecule has 2 aliphatic rings. The summed E-state index contributed by atoms with van der Waals surface area (Å²) in [4.78, 5) is 26.8. The van der Waals surface area contributed by atoms with Gasteiger partial charge in [-0.2, -0.15) is 0 Å². The normalized spacial score (nSPS) is 18.7. The lowest BCUT2D eigenvalue weighted by molar-refractivity contribution is -0.122. The summed E-state index contributed by atoms with van der Waals surface area (Å²) >= 11 is 0. The molecule has 0 aromatic heterocycles. The molecule has 6 nitrogen and oxygen atoms in total. The number of carbonyl (C=O) groups is 2. The van der Waals surface area contributed by atoms with Crippen LogP contribution in [0.3, 0.4) is 0 Å². The lowest BCUT2D eigenvalue weighted by Gasteiger charge is -2.17. The number of amides is 2. The minimum absolute atomic E-state index is 0.0439. The number of ether oxygens (including phenoxy) is 2. The van der Waals surface area contributed by atoms with Gasteiger partial charge in [0.15, 0.2) is 0 Å². The molecule has 2 amide bonds. The van der Waals surface area contributed by atoms with Crippen molar-refractivity contribution >= 4 is 23.2 Å². The maximum atomic E-state index is 12.7. The van der Waals surface area contributed by atoms with Gasteiger partial charge < -0.3 is 19.7 Å². The summed E-state index contributed by atoms with van der Waals surface area (Å²) in [5.41, 5.74) is 2.55. The van der Waals surface area contributed by atoms with Gasteiger partial charge in [-0.05, 0) is 60.7 Å². The summed E-state index contributed by atoms with van der Waals surface area (Å²) in [7, 11) is 1.60.